The molecule has 0 fully saturated rings. The minimum atomic E-state index is -0.270. The number of rotatable bonds is 4. The Morgan fingerprint density at radius 1 is 1.30 bits per heavy atom. The summed E-state index contributed by atoms with van der Waals surface area (Å²) in [5, 5.41) is 3.83. The standard InChI is InChI=1S/C16H16BrClFN/c1-3-20-16(11-6-4-5-10(2)7-11)12-8-14(18)13(17)9-15(12)19/h4-9,16,20H,3H2,1-2H3. The third-order valence-electron chi connectivity index (χ3n) is 3.13. The number of hydrogen-bond donors (Lipinski definition) is 1. The summed E-state index contributed by atoms with van der Waals surface area (Å²) in [6, 6.07) is 10.9. The lowest BCUT2D eigenvalue weighted by molar-refractivity contribution is 0.558. The zero-order chi connectivity index (χ0) is 14.7. The Balaban J connectivity index is 2.51. The van der Waals surface area contributed by atoms with Crippen LogP contribution in [0.25, 0.3) is 0 Å². The van der Waals surface area contributed by atoms with Gasteiger partial charge in [-0.15, -0.1) is 0 Å². The molecule has 0 heterocycles. The molecular weight excluding hydrogens is 341 g/mol. The Kier molecular flexibility index (Phi) is 5.19. The van der Waals surface area contributed by atoms with Gasteiger partial charge in [0.1, 0.15) is 5.82 Å². The Hall–Kier alpha value is -0.900. The molecule has 2 aromatic rings. The summed E-state index contributed by atoms with van der Waals surface area (Å²) in [6.45, 7) is 4.77. The Bertz CT molecular complexity index is 615. The van der Waals surface area contributed by atoms with Gasteiger partial charge < -0.3 is 5.32 Å². The molecule has 20 heavy (non-hydrogen) atoms. The molecule has 1 unspecified atom stereocenters. The van der Waals surface area contributed by atoms with Gasteiger partial charge in [0, 0.05) is 10.0 Å². The zero-order valence-electron chi connectivity index (χ0n) is 11.4. The van der Waals surface area contributed by atoms with E-state index < -0.39 is 0 Å². The fraction of sp³-hybridized carbons (Fsp3) is 0.250. The topological polar surface area (TPSA) is 12.0 Å². The Morgan fingerprint density at radius 3 is 2.70 bits per heavy atom. The number of halogens is 3. The predicted molar refractivity (Wildman–Crippen MR) is 85.8 cm³/mol. The van der Waals surface area contributed by atoms with E-state index in [0.29, 0.717) is 15.1 Å². The molecule has 0 aliphatic rings. The van der Waals surface area contributed by atoms with Crippen LogP contribution < -0.4 is 5.32 Å². The second-order valence-corrected chi connectivity index (χ2v) is 5.95. The van der Waals surface area contributed by atoms with E-state index in [2.05, 4.69) is 27.3 Å². The lowest BCUT2D eigenvalue weighted by Crippen LogP contribution is -2.23. The molecule has 1 nitrogen and oxygen atoms in total. The highest BCUT2D eigenvalue weighted by Gasteiger charge is 2.18. The summed E-state index contributed by atoms with van der Waals surface area (Å²) in [4.78, 5) is 0. The van der Waals surface area contributed by atoms with Crippen molar-refractivity contribution >= 4 is 27.5 Å². The quantitative estimate of drug-likeness (QED) is 0.738. The average molecular weight is 357 g/mol. The fourth-order valence-electron chi connectivity index (χ4n) is 2.22. The summed E-state index contributed by atoms with van der Waals surface area (Å²) < 4.78 is 14.8. The highest BCUT2D eigenvalue weighted by atomic mass is 79.9. The molecule has 106 valence electrons. The van der Waals surface area contributed by atoms with Gasteiger partial charge in [-0.05, 0) is 47.1 Å². The number of nitrogens with one attached hydrogen (secondary N) is 1. The van der Waals surface area contributed by atoms with Crippen LogP contribution in [0.15, 0.2) is 40.9 Å². The van der Waals surface area contributed by atoms with Gasteiger partial charge in [0.2, 0.25) is 0 Å². The largest absolute Gasteiger partial charge is 0.306 e. The highest BCUT2D eigenvalue weighted by Crippen LogP contribution is 2.31. The summed E-state index contributed by atoms with van der Waals surface area (Å²) in [7, 11) is 0. The van der Waals surface area contributed by atoms with Crippen molar-refractivity contribution in [2.24, 2.45) is 0 Å². The van der Waals surface area contributed by atoms with Gasteiger partial charge in [-0.2, -0.15) is 0 Å². The molecule has 0 amide bonds. The maximum atomic E-state index is 14.3. The van der Waals surface area contributed by atoms with Crippen LogP contribution in [0, 0.1) is 12.7 Å². The number of benzene rings is 2. The van der Waals surface area contributed by atoms with Gasteiger partial charge in [-0.25, -0.2) is 4.39 Å². The van der Waals surface area contributed by atoms with Crippen molar-refractivity contribution in [3.8, 4) is 0 Å². The molecule has 1 N–H and O–H groups in total. The van der Waals surface area contributed by atoms with E-state index in [-0.39, 0.29) is 11.9 Å². The number of hydrogen-bond acceptors (Lipinski definition) is 1. The molecule has 0 saturated heterocycles. The van der Waals surface area contributed by atoms with Crippen LogP contribution in [0.3, 0.4) is 0 Å². The van der Waals surface area contributed by atoms with Crippen LogP contribution >= 0.6 is 27.5 Å². The molecule has 0 aliphatic carbocycles. The normalized spacial score (nSPS) is 12.4. The van der Waals surface area contributed by atoms with Crippen LogP contribution in [0.4, 0.5) is 4.39 Å². The first kappa shape index (κ1) is 15.5. The van der Waals surface area contributed by atoms with Gasteiger partial charge in [-0.1, -0.05) is 48.4 Å². The molecule has 2 rings (SSSR count). The van der Waals surface area contributed by atoms with E-state index in [1.54, 1.807) is 6.07 Å². The average Bonchev–Trinajstić information content (AvgIpc) is 2.40. The second kappa shape index (κ2) is 6.70. The molecule has 0 aliphatic heterocycles. The van der Waals surface area contributed by atoms with E-state index in [9.17, 15) is 4.39 Å². The van der Waals surface area contributed by atoms with Crippen molar-refractivity contribution in [1.82, 2.24) is 5.32 Å². The molecule has 1 atom stereocenters. The summed E-state index contributed by atoms with van der Waals surface area (Å²) in [6.07, 6.45) is 0. The van der Waals surface area contributed by atoms with Crippen LogP contribution in [-0.2, 0) is 0 Å². The predicted octanol–water partition coefficient (Wildman–Crippen LogP) is 5.25. The number of aryl methyl sites for hydroxylation is 1. The summed E-state index contributed by atoms with van der Waals surface area (Å²) >= 11 is 9.35. The van der Waals surface area contributed by atoms with Gasteiger partial charge in [0.25, 0.3) is 0 Å². The molecule has 4 heteroatoms. The minimum absolute atomic E-state index is 0.203. The van der Waals surface area contributed by atoms with Crippen LogP contribution in [0.2, 0.25) is 5.02 Å². The van der Waals surface area contributed by atoms with E-state index in [1.165, 1.54) is 6.07 Å². The van der Waals surface area contributed by atoms with Crippen molar-refractivity contribution < 1.29 is 4.39 Å². The Morgan fingerprint density at radius 2 is 2.05 bits per heavy atom. The lowest BCUT2D eigenvalue weighted by Gasteiger charge is -2.20. The first-order valence-corrected chi connectivity index (χ1v) is 7.64. The van der Waals surface area contributed by atoms with Crippen molar-refractivity contribution in [3.05, 3.63) is 68.4 Å². The summed E-state index contributed by atoms with van der Waals surface area (Å²) in [5.74, 6) is -0.270. The van der Waals surface area contributed by atoms with Crippen molar-refractivity contribution in [2.75, 3.05) is 6.54 Å². The maximum Gasteiger partial charge on any atom is 0.129 e. The molecule has 0 radical (unpaired) electrons. The minimum Gasteiger partial charge on any atom is -0.306 e. The van der Waals surface area contributed by atoms with E-state index >= 15 is 0 Å². The molecule has 0 saturated carbocycles. The van der Waals surface area contributed by atoms with Gasteiger partial charge in [-0.3, -0.25) is 0 Å². The van der Waals surface area contributed by atoms with Gasteiger partial charge in [0.15, 0.2) is 0 Å². The fourth-order valence-corrected chi connectivity index (χ4v) is 2.71. The first-order valence-electron chi connectivity index (χ1n) is 6.47. The molecule has 0 spiro atoms. The summed E-state index contributed by atoms with van der Waals surface area (Å²) in [5.41, 5.74) is 2.74. The van der Waals surface area contributed by atoms with Gasteiger partial charge >= 0.3 is 0 Å². The zero-order valence-corrected chi connectivity index (χ0v) is 13.7. The Labute approximate surface area is 132 Å². The third-order valence-corrected chi connectivity index (χ3v) is 4.33. The molecule has 0 bridgehead atoms. The maximum absolute atomic E-state index is 14.3. The van der Waals surface area contributed by atoms with E-state index in [4.69, 9.17) is 11.6 Å². The third kappa shape index (κ3) is 3.40. The smallest absolute Gasteiger partial charge is 0.129 e. The molecule has 0 aromatic heterocycles. The van der Waals surface area contributed by atoms with Crippen LogP contribution in [0.1, 0.15) is 29.7 Å². The molecular formula is C16H16BrClFN. The van der Waals surface area contributed by atoms with Crippen molar-refractivity contribution in [3.63, 3.8) is 0 Å². The van der Waals surface area contributed by atoms with Crippen molar-refractivity contribution in [2.45, 2.75) is 19.9 Å². The van der Waals surface area contributed by atoms with E-state index in [1.807, 2.05) is 32.0 Å². The lowest BCUT2D eigenvalue weighted by atomic mass is 9.97. The van der Waals surface area contributed by atoms with Crippen LogP contribution in [-0.4, -0.2) is 6.54 Å². The van der Waals surface area contributed by atoms with E-state index in [0.717, 1.165) is 17.7 Å². The van der Waals surface area contributed by atoms with Gasteiger partial charge in [0.05, 0.1) is 11.1 Å². The molecule has 2 aromatic carbocycles. The monoisotopic (exact) mass is 355 g/mol. The van der Waals surface area contributed by atoms with Crippen LogP contribution in [0.5, 0.6) is 0 Å². The SMILES string of the molecule is CCNC(c1cccc(C)c1)c1cc(Cl)c(Br)cc1F. The second-order valence-electron chi connectivity index (χ2n) is 4.69. The first-order chi connectivity index (χ1) is 9.52. The highest BCUT2D eigenvalue weighted by molar-refractivity contribution is 9.10. The van der Waals surface area contributed by atoms with Crippen molar-refractivity contribution in [1.29, 1.82) is 0 Å².